The average Bonchev–Trinajstić information content (AvgIpc) is 3.21. The first-order valence-corrected chi connectivity index (χ1v) is 13.7. The van der Waals surface area contributed by atoms with E-state index in [4.69, 9.17) is 14.2 Å². The van der Waals surface area contributed by atoms with Crippen molar-refractivity contribution < 1.29 is 50.6 Å². The van der Waals surface area contributed by atoms with Gasteiger partial charge in [0.05, 0.1) is 12.6 Å². The number of piperidine rings is 1. The molecule has 13 nitrogen and oxygen atoms in total. The fourth-order valence-corrected chi connectivity index (χ4v) is 7.11. The largest absolute Gasteiger partial charge is 0.490 e. The molecule has 0 spiro atoms. The van der Waals surface area contributed by atoms with Crippen LogP contribution in [-0.2, 0) is 30.7 Å². The van der Waals surface area contributed by atoms with Gasteiger partial charge in [-0.2, -0.15) is 30.2 Å². The molecule has 0 unspecified atom stereocenters. The number of nitrogens with zero attached hydrogens (tertiary/aromatic N) is 4. The number of ether oxygens (including phenoxy) is 3. The molecule has 2 amide bonds. The summed E-state index contributed by atoms with van der Waals surface area (Å²) in [4.78, 5) is 30.0. The molecule has 0 aliphatic carbocycles. The highest BCUT2D eigenvalue weighted by atomic mass is 32.2. The number of carbonyl (C=O) groups is 2. The molecule has 3 aliphatic rings. The van der Waals surface area contributed by atoms with Crippen LogP contribution in [0, 0.1) is 0 Å². The number of pyridine rings is 1. The molecule has 0 radical (unpaired) electrons. The second-order valence-electron chi connectivity index (χ2n) is 9.40. The topological polar surface area (TPSA) is 151 Å². The summed E-state index contributed by atoms with van der Waals surface area (Å²) in [6.07, 6.45) is -3.72. The minimum atomic E-state index is -4.63. The van der Waals surface area contributed by atoms with Crippen LogP contribution in [0.4, 0.5) is 18.0 Å². The Kier molecular flexibility index (Phi) is 8.85. The number of aromatic nitrogens is 1. The smallest absolute Gasteiger partial charge is 0.433 e. The zero-order valence-corrected chi connectivity index (χ0v) is 21.9. The maximum atomic E-state index is 13.7. The van der Waals surface area contributed by atoms with Crippen molar-refractivity contribution in [3.05, 3.63) is 24.0 Å². The zero-order valence-electron chi connectivity index (χ0n) is 21.0. The Balaban J connectivity index is 1.44. The van der Waals surface area contributed by atoms with Crippen LogP contribution in [-0.4, -0.2) is 108 Å². The Morgan fingerprint density at radius 3 is 2.54 bits per heavy atom. The molecular formula is C22H30F3N5O8S. The Hall–Kier alpha value is -2.73. The second-order valence-corrected chi connectivity index (χ2v) is 11.3. The van der Waals surface area contributed by atoms with Crippen molar-refractivity contribution in [2.24, 2.45) is 0 Å². The summed E-state index contributed by atoms with van der Waals surface area (Å²) in [5.41, 5.74) is 0.423. The normalized spacial score (nSPS) is 24.9. The van der Waals surface area contributed by atoms with Crippen molar-refractivity contribution in [3.8, 4) is 5.75 Å². The second kappa shape index (κ2) is 11.8. The van der Waals surface area contributed by atoms with Crippen LogP contribution in [0.5, 0.6) is 5.75 Å². The van der Waals surface area contributed by atoms with Gasteiger partial charge in [0.1, 0.15) is 30.2 Å². The molecule has 0 saturated carbocycles. The summed E-state index contributed by atoms with van der Waals surface area (Å²) in [6.45, 7) is -0.0407. The number of hydrogen-bond donors (Lipinski definition) is 2. The number of rotatable bonds is 8. The van der Waals surface area contributed by atoms with Gasteiger partial charge in [-0.15, -0.1) is 0 Å². The quantitative estimate of drug-likeness (QED) is 0.260. The number of halogens is 3. The summed E-state index contributed by atoms with van der Waals surface area (Å²) in [7, 11) is -2.78. The highest BCUT2D eigenvalue weighted by molar-refractivity contribution is 7.86. The van der Waals surface area contributed by atoms with Crippen molar-refractivity contribution in [3.63, 3.8) is 0 Å². The van der Waals surface area contributed by atoms with Crippen molar-refractivity contribution in [2.45, 2.75) is 56.1 Å². The van der Waals surface area contributed by atoms with E-state index in [1.54, 1.807) is 0 Å². The van der Waals surface area contributed by atoms with Crippen molar-refractivity contribution in [1.29, 1.82) is 0 Å². The molecule has 2 N–H and O–H groups in total. The fraction of sp³-hybridized carbons (Fsp3) is 0.682. The van der Waals surface area contributed by atoms with Crippen molar-refractivity contribution >= 4 is 22.2 Å². The van der Waals surface area contributed by atoms with Crippen LogP contribution in [0.2, 0.25) is 0 Å². The lowest BCUT2D eigenvalue weighted by atomic mass is 10.1. The minimum absolute atomic E-state index is 0.00766. The molecule has 3 atom stereocenters. The Morgan fingerprint density at radius 1 is 1.18 bits per heavy atom. The predicted molar refractivity (Wildman–Crippen MR) is 126 cm³/mol. The maximum Gasteiger partial charge on any atom is 0.433 e. The monoisotopic (exact) mass is 581 g/mol. The standard InChI is InChI=1S/C22H30F3N5O8S/c1-36-10-11-37-21(32)30-14-2-3-17(30)19(20(31)27-33)29(13-14)39(34,35)28-8-5-15(6-9-28)38-16-4-7-26-18(12-16)22(23,24)25/h4,7,12,14-15,17,19,33H,2-3,5-6,8-11,13H2,1H3,(H,27,31)/t14-,17+,19-/m1/s1. The highest BCUT2D eigenvalue weighted by Gasteiger charge is 2.56. The Morgan fingerprint density at radius 2 is 1.90 bits per heavy atom. The number of hydroxylamine groups is 1. The van der Waals surface area contributed by atoms with Gasteiger partial charge in [0.15, 0.2) is 0 Å². The first-order chi connectivity index (χ1) is 18.5. The van der Waals surface area contributed by atoms with Crippen LogP contribution in [0.1, 0.15) is 31.4 Å². The summed E-state index contributed by atoms with van der Waals surface area (Å²) in [6, 6.07) is -0.683. The van der Waals surface area contributed by atoms with Gasteiger partial charge in [-0.25, -0.2) is 10.3 Å². The molecule has 1 aromatic rings. The molecule has 3 fully saturated rings. The number of hydrogen-bond acceptors (Lipinski definition) is 9. The third-order valence-electron chi connectivity index (χ3n) is 7.06. The van der Waals surface area contributed by atoms with Crippen molar-refractivity contribution in [1.82, 2.24) is 24.0 Å². The van der Waals surface area contributed by atoms with E-state index in [1.807, 2.05) is 0 Å². The number of methoxy groups -OCH3 is 1. The number of carbonyl (C=O) groups excluding carboxylic acids is 2. The first-order valence-electron chi connectivity index (χ1n) is 12.3. The number of amides is 2. The summed E-state index contributed by atoms with van der Waals surface area (Å²) in [5, 5.41) is 9.37. The van der Waals surface area contributed by atoms with E-state index in [0.29, 0.717) is 12.8 Å². The van der Waals surface area contributed by atoms with Gasteiger partial charge in [0.25, 0.3) is 16.1 Å². The molecule has 1 aromatic heterocycles. The molecule has 218 valence electrons. The lowest BCUT2D eigenvalue weighted by Gasteiger charge is -2.46. The average molecular weight is 582 g/mol. The molecule has 2 bridgehead atoms. The molecule has 4 rings (SSSR count). The van der Waals surface area contributed by atoms with Gasteiger partial charge < -0.3 is 14.2 Å². The van der Waals surface area contributed by atoms with E-state index in [0.717, 1.165) is 16.6 Å². The Labute approximate surface area is 222 Å². The SMILES string of the molecule is COCCOC(=O)N1[C@@H]2CC[C@H]1[C@H](C(=O)NO)N(S(=O)(=O)N1CCC(Oc3ccnc(C(F)(F)F)c3)CC1)C2. The van der Waals surface area contributed by atoms with Gasteiger partial charge in [0.2, 0.25) is 0 Å². The van der Waals surface area contributed by atoms with Crippen LogP contribution in [0.3, 0.4) is 0 Å². The van der Waals surface area contributed by atoms with Crippen molar-refractivity contribution in [2.75, 3.05) is 40.0 Å². The van der Waals surface area contributed by atoms with Gasteiger partial charge in [-0.1, -0.05) is 0 Å². The summed E-state index contributed by atoms with van der Waals surface area (Å²) < 4.78 is 84.1. The van der Waals surface area contributed by atoms with E-state index in [2.05, 4.69) is 4.98 Å². The van der Waals surface area contributed by atoms with Gasteiger partial charge in [0, 0.05) is 45.0 Å². The maximum absolute atomic E-state index is 13.7. The first kappa shape index (κ1) is 29.3. The van der Waals surface area contributed by atoms with Crippen LogP contribution < -0.4 is 10.2 Å². The van der Waals surface area contributed by atoms with Crippen LogP contribution in [0.15, 0.2) is 18.3 Å². The van der Waals surface area contributed by atoms with E-state index >= 15 is 0 Å². The van der Waals surface area contributed by atoms with Crippen LogP contribution >= 0.6 is 0 Å². The summed E-state index contributed by atoms with van der Waals surface area (Å²) >= 11 is 0. The Bertz CT molecular complexity index is 1150. The fourth-order valence-electron chi connectivity index (χ4n) is 5.26. The van der Waals surface area contributed by atoms with E-state index in [9.17, 15) is 36.4 Å². The lowest BCUT2D eigenvalue weighted by molar-refractivity contribution is -0.141. The summed E-state index contributed by atoms with van der Waals surface area (Å²) in [5.74, 6) is -1.00. The van der Waals surface area contributed by atoms with Crippen LogP contribution in [0.25, 0.3) is 0 Å². The molecular weight excluding hydrogens is 551 g/mol. The lowest BCUT2D eigenvalue weighted by Crippen LogP contribution is -2.68. The number of alkyl halides is 3. The molecule has 39 heavy (non-hydrogen) atoms. The van der Waals surface area contributed by atoms with E-state index < -0.39 is 58.3 Å². The van der Waals surface area contributed by atoms with Gasteiger partial charge in [-0.3, -0.25) is 19.9 Å². The predicted octanol–water partition coefficient (Wildman–Crippen LogP) is 0.994. The molecule has 3 aliphatic heterocycles. The van der Waals surface area contributed by atoms with E-state index in [-0.39, 0.29) is 51.4 Å². The van der Waals surface area contributed by atoms with E-state index in [1.165, 1.54) is 27.9 Å². The van der Waals surface area contributed by atoms with Gasteiger partial charge >= 0.3 is 12.3 Å². The number of piperazine rings is 1. The third-order valence-corrected chi connectivity index (χ3v) is 9.05. The third kappa shape index (κ3) is 6.21. The molecule has 17 heteroatoms. The number of fused-ring (bicyclic) bond motifs is 2. The molecule has 3 saturated heterocycles. The minimum Gasteiger partial charge on any atom is -0.490 e. The van der Waals surface area contributed by atoms with Gasteiger partial charge in [-0.05, 0) is 31.7 Å². The highest BCUT2D eigenvalue weighted by Crippen LogP contribution is 2.38. The molecule has 4 heterocycles. The zero-order chi connectivity index (χ0) is 28.4. The number of nitrogens with one attached hydrogen (secondary N) is 1. The molecule has 0 aromatic carbocycles.